The van der Waals surface area contributed by atoms with Gasteiger partial charge >= 0.3 is 51.4 Å². The summed E-state index contributed by atoms with van der Waals surface area (Å²) in [5.74, 6) is -1.34. The number of carboxylic acids is 1. The number of rotatable bonds is 4. The molecule has 0 fully saturated rings. The molecule has 2 aromatic rings. The van der Waals surface area contributed by atoms with Crippen molar-refractivity contribution in [3.8, 4) is 5.75 Å². The fraction of sp³-hybridized carbons (Fsp3) is 0.222. The monoisotopic (exact) mass is 402 g/mol. The summed E-state index contributed by atoms with van der Waals surface area (Å²) in [7, 11) is 0. The van der Waals surface area contributed by atoms with Crippen LogP contribution >= 0.6 is 23.2 Å². The van der Waals surface area contributed by atoms with Crippen LogP contribution in [0, 0.1) is 0 Å². The number of carbonyl (C=O) groups is 2. The molecule has 0 heterocycles. The van der Waals surface area contributed by atoms with Crippen molar-refractivity contribution in [2.24, 2.45) is 0 Å². The molecule has 1 aliphatic carbocycles. The largest absolute Gasteiger partial charge is 1.00 e. The van der Waals surface area contributed by atoms with Crippen LogP contribution in [0.5, 0.6) is 5.75 Å². The SMILES string of the molecule is CC1(c2ccccc2)Cc2cc(OCC(=O)[O-])c(Cl)c(Cl)c2C1=O.[K+]. The van der Waals surface area contributed by atoms with Crippen molar-refractivity contribution in [2.45, 2.75) is 18.8 Å². The molecule has 0 amide bonds. The number of Topliss-reactive ketones (excluding diaryl/α,β-unsaturated/α-hetero) is 1. The average molecular weight is 403 g/mol. The Balaban J connectivity index is 0.00000225. The van der Waals surface area contributed by atoms with E-state index in [9.17, 15) is 14.7 Å². The first-order chi connectivity index (χ1) is 11.3. The Hall–Kier alpha value is -0.404. The van der Waals surface area contributed by atoms with E-state index in [1.165, 1.54) is 0 Å². The van der Waals surface area contributed by atoms with E-state index >= 15 is 0 Å². The van der Waals surface area contributed by atoms with E-state index in [4.69, 9.17) is 27.9 Å². The molecule has 4 nitrogen and oxygen atoms in total. The molecule has 0 aromatic heterocycles. The van der Waals surface area contributed by atoms with Crippen LogP contribution in [0.4, 0.5) is 0 Å². The predicted molar refractivity (Wildman–Crippen MR) is 88.8 cm³/mol. The number of carbonyl (C=O) groups excluding carboxylic acids is 2. The Labute approximate surface area is 197 Å². The summed E-state index contributed by atoms with van der Waals surface area (Å²) in [6, 6.07) is 11.0. The molecule has 25 heavy (non-hydrogen) atoms. The Bertz CT molecular complexity index is 839. The van der Waals surface area contributed by atoms with Gasteiger partial charge in [-0.25, -0.2) is 0 Å². The molecule has 1 atom stereocenters. The van der Waals surface area contributed by atoms with E-state index in [2.05, 4.69) is 0 Å². The Kier molecular flexibility index (Phi) is 6.76. The van der Waals surface area contributed by atoms with Gasteiger partial charge in [0, 0.05) is 5.56 Å². The summed E-state index contributed by atoms with van der Waals surface area (Å²) in [5, 5.41) is 10.7. The molecule has 1 aliphatic rings. The minimum atomic E-state index is -1.37. The number of hydrogen-bond donors (Lipinski definition) is 0. The molecule has 0 aliphatic heterocycles. The standard InChI is InChI=1S/C18H14Cl2O4.K/c1-18(11-5-3-2-4-6-11)8-10-7-12(24-9-13(21)22)15(19)16(20)14(10)17(18)23;/h2-7H,8-9H2,1H3,(H,21,22);/q;+1/p-1. The van der Waals surface area contributed by atoms with E-state index < -0.39 is 18.0 Å². The minimum absolute atomic E-state index is 0. The fourth-order valence-corrected chi connectivity index (χ4v) is 3.56. The van der Waals surface area contributed by atoms with Crippen LogP contribution in [0.25, 0.3) is 0 Å². The van der Waals surface area contributed by atoms with Gasteiger partial charge in [-0.15, -0.1) is 0 Å². The summed E-state index contributed by atoms with van der Waals surface area (Å²) >= 11 is 12.4. The van der Waals surface area contributed by atoms with Gasteiger partial charge in [0.05, 0.1) is 16.4 Å². The van der Waals surface area contributed by atoms with Crippen LogP contribution < -0.4 is 61.2 Å². The molecule has 7 heteroatoms. The third kappa shape index (κ3) is 3.83. The minimum Gasteiger partial charge on any atom is -0.546 e. The van der Waals surface area contributed by atoms with Crippen LogP contribution in [0.2, 0.25) is 10.0 Å². The van der Waals surface area contributed by atoms with Crippen LogP contribution in [0.1, 0.15) is 28.4 Å². The van der Waals surface area contributed by atoms with Crippen molar-refractivity contribution in [3.05, 3.63) is 63.1 Å². The number of fused-ring (bicyclic) bond motifs is 1. The molecule has 0 radical (unpaired) electrons. The van der Waals surface area contributed by atoms with Gasteiger partial charge in [0.25, 0.3) is 0 Å². The van der Waals surface area contributed by atoms with Gasteiger partial charge in [-0.1, -0.05) is 53.5 Å². The zero-order valence-corrected chi connectivity index (χ0v) is 18.4. The smallest absolute Gasteiger partial charge is 0.546 e. The van der Waals surface area contributed by atoms with Crippen molar-refractivity contribution < 1.29 is 70.8 Å². The maximum atomic E-state index is 13.0. The third-order valence-corrected chi connectivity index (χ3v) is 5.13. The Morgan fingerprint density at radius 1 is 1.24 bits per heavy atom. The van der Waals surface area contributed by atoms with Gasteiger partial charge in [0.1, 0.15) is 17.4 Å². The number of hydrogen-bond acceptors (Lipinski definition) is 4. The topological polar surface area (TPSA) is 66.4 Å². The Morgan fingerprint density at radius 3 is 2.48 bits per heavy atom. The van der Waals surface area contributed by atoms with Gasteiger partial charge in [-0.05, 0) is 30.5 Å². The second kappa shape index (κ2) is 8.09. The number of halogens is 2. The molecule has 0 bridgehead atoms. The maximum absolute atomic E-state index is 13.0. The van der Waals surface area contributed by atoms with E-state index in [1.54, 1.807) is 6.07 Å². The number of benzene rings is 2. The molecular formula is C18H13Cl2KO4. The number of carboxylic acid groups (broad SMARTS) is 1. The summed E-state index contributed by atoms with van der Waals surface area (Å²) < 4.78 is 5.12. The molecule has 0 spiro atoms. The van der Waals surface area contributed by atoms with Crippen molar-refractivity contribution in [1.29, 1.82) is 0 Å². The third-order valence-electron chi connectivity index (χ3n) is 4.28. The zero-order chi connectivity index (χ0) is 17.5. The second-order valence-corrected chi connectivity index (χ2v) is 6.66. The van der Waals surface area contributed by atoms with Gasteiger partial charge < -0.3 is 14.6 Å². The van der Waals surface area contributed by atoms with E-state index in [-0.39, 0.29) is 73.0 Å². The van der Waals surface area contributed by atoms with E-state index in [0.717, 1.165) is 5.56 Å². The zero-order valence-electron chi connectivity index (χ0n) is 13.8. The van der Waals surface area contributed by atoms with Crippen LogP contribution in [-0.2, 0) is 16.6 Å². The number of aliphatic carboxylic acids is 1. The normalized spacial score (nSPS) is 18.4. The first-order valence-corrected chi connectivity index (χ1v) is 8.04. The van der Waals surface area contributed by atoms with Gasteiger partial charge in [0.2, 0.25) is 0 Å². The maximum Gasteiger partial charge on any atom is 1.00 e. The van der Waals surface area contributed by atoms with Gasteiger partial charge in [0.15, 0.2) is 5.78 Å². The molecule has 3 rings (SSSR count). The average Bonchev–Trinajstić information content (AvgIpc) is 2.82. The summed E-state index contributed by atoms with van der Waals surface area (Å²) in [5.41, 5.74) is 1.20. The molecular weight excluding hydrogens is 390 g/mol. The summed E-state index contributed by atoms with van der Waals surface area (Å²) in [6.45, 7) is 1.22. The quantitative estimate of drug-likeness (QED) is 0.665. The van der Waals surface area contributed by atoms with Crippen molar-refractivity contribution in [1.82, 2.24) is 0 Å². The van der Waals surface area contributed by atoms with Crippen molar-refractivity contribution in [3.63, 3.8) is 0 Å². The Morgan fingerprint density at radius 2 is 1.88 bits per heavy atom. The predicted octanol–water partition coefficient (Wildman–Crippen LogP) is -0.177. The molecule has 0 N–H and O–H groups in total. The van der Waals surface area contributed by atoms with E-state index in [1.807, 2.05) is 37.3 Å². The fourth-order valence-electron chi connectivity index (χ4n) is 3.06. The molecule has 0 saturated carbocycles. The second-order valence-electron chi connectivity index (χ2n) is 5.90. The number of ketones is 1. The first kappa shape index (κ1) is 20.9. The molecule has 124 valence electrons. The summed E-state index contributed by atoms with van der Waals surface area (Å²) in [6.07, 6.45) is 0.434. The first-order valence-electron chi connectivity index (χ1n) is 7.28. The van der Waals surface area contributed by atoms with Crippen LogP contribution in [0.3, 0.4) is 0 Å². The van der Waals surface area contributed by atoms with Gasteiger partial charge in [-0.2, -0.15) is 0 Å². The molecule has 0 saturated heterocycles. The van der Waals surface area contributed by atoms with Crippen molar-refractivity contribution >= 4 is 35.0 Å². The van der Waals surface area contributed by atoms with Crippen molar-refractivity contribution in [2.75, 3.05) is 6.61 Å². The van der Waals surface area contributed by atoms with E-state index in [0.29, 0.717) is 17.5 Å². The summed E-state index contributed by atoms with van der Waals surface area (Å²) in [4.78, 5) is 23.6. The van der Waals surface area contributed by atoms with Crippen LogP contribution in [0.15, 0.2) is 36.4 Å². The molecule has 2 aromatic carbocycles. The van der Waals surface area contributed by atoms with Gasteiger partial charge in [-0.3, -0.25) is 4.79 Å². The van der Waals surface area contributed by atoms with Crippen LogP contribution in [-0.4, -0.2) is 18.4 Å². The molecule has 1 unspecified atom stereocenters. The number of ether oxygens (including phenoxy) is 1.